The molecular formula is C10H8ClFN2O2. The molecule has 0 spiro atoms. The first-order valence-electron chi connectivity index (χ1n) is 4.55. The van der Waals surface area contributed by atoms with Gasteiger partial charge in [-0.25, -0.2) is 4.39 Å². The molecule has 0 aliphatic rings. The fourth-order valence-corrected chi connectivity index (χ4v) is 1.42. The molecule has 0 bridgehead atoms. The number of benzene rings is 1. The number of aromatic nitrogens is 2. The Morgan fingerprint density at radius 1 is 1.50 bits per heavy atom. The predicted octanol–water partition coefficient (Wildman–Crippen LogP) is 2.58. The third-order valence-corrected chi connectivity index (χ3v) is 2.29. The number of aliphatic hydroxyl groups is 1. The lowest BCUT2D eigenvalue weighted by molar-refractivity contribution is 0.184. The highest BCUT2D eigenvalue weighted by Crippen LogP contribution is 2.27. The molecule has 0 fully saturated rings. The standard InChI is InChI=1S/C10H8ClFN2O2/c1-5(15)9-13-10(16-14-9)7-3-2-6(12)4-8(7)11/h2-5,15H,1H3. The van der Waals surface area contributed by atoms with Gasteiger partial charge in [-0.1, -0.05) is 16.8 Å². The SMILES string of the molecule is CC(O)c1noc(-c2ccc(F)cc2Cl)n1. The van der Waals surface area contributed by atoms with Crippen LogP contribution in [0.4, 0.5) is 4.39 Å². The number of aliphatic hydroxyl groups excluding tert-OH is 1. The van der Waals surface area contributed by atoms with E-state index in [-0.39, 0.29) is 16.7 Å². The van der Waals surface area contributed by atoms with Gasteiger partial charge in [0.2, 0.25) is 0 Å². The predicted molar refractivity (Wildman–Crippen MR) is 55.3 cm³/mol. The molecule has 1 heterocycles. The highest BCUT2D eigenvalue weighted by atomic mass is 35.5. The Morgan fingerprint density at radius 3 is 2.81 bits per heavy atom. The first-order chi connectivity index (χ1) is 7.58. The fraction of sp³-hybridized carbons (Fsp3) is 0.200. The summed E-state index contributed by atoms with van der Waals surface area (Å²) in [4.78, 5) is 3.94. The van der Waals surface area contributed by atoms with E-state index in [1.807, 2.05) is 0 Å². The van der Waals surface area contributed by atoms with Crippen LogP contribution in [0.25, 0.3) is 11.5 Å². The zero-order valence-corrected chi connectivity index (χ0v) is 9.07. The lowest BCUT2D eigenvalue weighted by Crippen LogP contribution is -1.93. The first kappa shape index (κ1) is 11.0. The molecule has 4 nitrogen and oxygen atoms in total. The van der Waals surface area contributed by atoms with E-state index in [0.29, 0.717) is 5.56 Å². The van der Waals surface area contributed by atoms with Crippen molar-refractivity contribution in [1.29, 1.82) is 0 Å². The van der Waals surface area contributed by atoms with Crippen LogP contribution in [0.2, 0.25) is 5.02 Å². The van der Waals surface area contributed by atoms with Gasteiger partial charge in [-0.05, 0) is 25.1 Å². The molecule has 6 heteroatoms. The summed E-state index contributed by atoms with van der Waals surface area (Å²) in [6.45, 7) is 1.51. The molecule has 0 saturated heterocycles. The van der Waals surface area contributed by atoms with E-state index in [2.05, 4.69) is 10.1 Å². The van der Waals surface area contributed by atoms with E-state index in [9.17, 15) is 9.50 Å². The molecule has 0 saturated carbocycles. The Balaban J connectivity index is 2.42. The average Bonchev–Trinajstić information content (AvgIpc) is 2.66. The lowest BCUT2D eigenvalue weighted by atomic mass is 10.2. The maximum absolute atomic E-state index is 12.8. The third kappa shape index (κ3) is 2.05. The van der Waals surface area contributed by atoms with Gasteiger partial charge in [0, 0.05) is 0 Å². The minimum atomic E-state index is -0.822. The zero-order valence-electron chi connectivity index (χ0n) is 8.32. The van der Waals surface area contributed by atoms with Crippen molar-refractivity contribution >= 4 is 11.6 Å². The molecule has 2 aromatic rings. The molecule has 1 aromatic carbocycles. The van der Waals surface area contributed by atoms with Gasteiger partial charge in [0.05, 0.1) is 10.6 Å². The summed E-state index contributed by atoms with van der Waals surface area (Å²) in [5.74, 6) is -0.125. The Labute approximate surface area is 95.7 Å². The summed E-state index contributed by atoms with van der Waals surface area (Å²) >= 11 is 5.82. The summed E-state index contributed by atoms with van der Waals surface area (Å²) in [7, 11) is 0. The largest absolute Gasteiger partial charge is 0.385 e. The van der Waals surface area contributed by atoms with Gasteiger partial charge in [-0.3, -0.25) is 0 Å². The summed E-state index contributed by atoms with van der Waals surface area (Å²) in [5.41, 5.74) is 0.433. The van der Waals surface area contributed by atoms with Crippen molar-refractivity contribution in [1.82, 2.24) is 10.1 Å². The van der Waals surface area contributed by atoms with Crippen LogP contribution in [0, 0.1) is 5.82 Å². The van der Waals surface area contributed by atoms with E-state index in [1.54, 1.807) is 0 Å². The number of hydrogen-bond acceptors (Lipinski definition) is 4. The maximum Gasteiger partial charge on any atom is 0.259 e. The van der Waals surface area contributed by atoms with Crippen LogP contribution in [0.5, 0.6) is 0 Å². The third-order valence-electron chi connectivity index (χ3n) is 1.98. The second kappa shape index (κ2) is 4.19. The highest BCUT2D eigenvalue weighted by molar-refractivity contribution is 6.33. The normalized spacial score (nSPS) is 12.8. The molecule has 84 valence electrons. The lowest BCUT2D eigenvalue weighted by Gasteiger charge is -1.97. The molecular weight excluding hydrogens is 235 g/mol. The van der Waals surface area contributed by atoms with Crippen molar-refractivity contribution < 1.29 is 14.0 Å². The van der Waals surface area contributed by atoms with Crippen LogP contribution >= 0.6 is 11.6 Å². The Hall–Kier alpha value is -1.46. The van der Waals surface area contributed by atoms with Crippen molar-refractivity contribution in [3.8, 4) is 11.5 Å². The van der Waals surface area contributed by atoms with E-state index in [4.69, 9.17) is 16.1 Å². The minimum Gasteiger partial charge on any atom is -0.385 e. The van der Waals surface area contributed by atoms with Gasteiger partial charge < -0.3 is 9.63 Å². The van der Waals surface area contributed by atoms with Crippen LogP contribution in [0.3, 0.4) is 0 Å². The van der Waals surface area contributed by atoms with Gasteiger partial charge in [0.25, 0.3) is 5.89 Å². The van der Waals surface area contributed by atoms with Crippen molar-refractivity contribution in [2.75, 3.05) is 0 Å². The van der Waals surface area contributed by atoms with E-state index in [1.165, 1.54) is 19.1 Å². The highest BCUT2D eigenvalue weighted by Gasteiger charge is 2.15. The van der Waals surface area contributed by atoms with Gasteiger partial charge >= 0.3 is 0 Å². The van der Waals surface area contributed by atoms with Crippen molar-refractivity contribution in [3.63, 3.8) is 0 Å². The topological polar surface area (TPSA) is 59.2 Å². The summed E-state index contributed by atoms with van der Waals surface area (Å²) in [5, 5.41) is 13.0. The van der Waals surface area contributed by atoms with Gasteiger partial charge in [0.15, 0.2) is 5.82 Å². The molecule has 1 unspecified atom stereocenters. The van der Waals surface area contributed by atoms with Gasteiger partial charge in [-0.2, -0.15) is 4.98 Å². The van der Waals surface area contributed by atoms with Crippen molar-refractivity contribution in [3.05, 3.63) is 34.9 Å². The monoisotopic (exact) mass is 242 g/mol. The fourth-order valence-electron chi connectivity index (χ4n) is 1.18. The van der Waals surface area contributed by atoms with E-state index < -0.39 is 11.9 Å². The van der Waals surface area contributed by atoms with E-state index >= 15 is 0 Å². The average molecular weight is 243 g/mol. The smallest absolute Gasteiger partial charge is 0.259 e. The Morgan fingerprint density at radius 2 is 2.25 bits per heavy atom. The number of rotatable bonds is 2. The number of nitrogens with zero attached hydrogens (tertiary/aromatic N) is 2. The number of hydrogen-bond donors (Lipinski definition) is 1. The van der Waals surface area contributed by atoms with E-state index in [0.717, 1.165) is 6.07 Å². The maximum atomic E-state index is 12.8. The van der Waals surface area contributed by atoms with Crippen LogP contribution in [0.15, 0.2) is 22.7 Å². The molecule has 0 amide bonds. The summed E-state index contributed by atoms with van der Waals surface area (Å²) < 4.78 is 17.7. The second-order valence-electron chi connectivity index (χ2n) is 3.26. The Bertz CT molecular complexity index is 513. The molecule has 1 N–H and O–H groups in total. The van der Waals surface area contributed by atoms with Gasteiger partial charge in [-0.15, -0.1) is 0 Å². The quantitative estimate of drug-likeness (QED) is 0.879. The Kier molecular flexibility index (Phi) is 2.89. The van der Waals surface area contributed by atoms with Crippen LogP contribution in [0.1, 0.15) is 18.9 Å². The molecule has 0 radical (unpaired) electrons. The van der Waals surface area contributed by atoms with Crippen molar-refractivity contribution in [2.45, 2.75) is 13.0 Å². The second-order valence-corrected chi connectivity index (χ2v) is 3.67. The van der Waals surface area contributed by atoms with Crippen LogP contribution in [-0.2, 0) is 0 Å². The molecule has 1 atom stereocenters. The summed E-state index contributed by atoms with van der Waals surface area (Å²) in [6, 6.07) is 3.84. The molecule has 2 rings (SSSR count). The molecule has 16 heavy (non-hydrogen) atoms. The number of halogens is 2. The zero-order chi connectivity index (χ0) is 11.7. The summed E-state index contributed by atoms with van der Waals surface area (Å²) in [6.07, 6.45) is -0.822. The van der Waals surface area contributed by atoms with Crippen LogP contribution in [-0.4, -0.2) is 15.2 Å². The van der Waals surface area contributed by atoms with Gasteiger partial charge in [0.1, 0.15) is 11.9 Å². The molecule has 1 aromatic heterocycles. The molecule has 0 aliphatic heterocycles. The van der Waals surface area contributed by atoms with Crippen molar-refractivity contribution in [2.24, 2.45) is 0 Å². The van der Waals surface area contributed by atoms with Crippen LogP contribution < -0.4 is 0 Å². The molecule has 0 aliphatic carbocycles. The minimum absolute atomic E-state index is 0.154. The first-order valence-corrected chi connectivity index (χ1v) is 4.93.